The van der Waals surface area contributed by atoms with Gasteiger partial charge in [-0.05, 0) is 17.7 Å². The number of hydrogen-bond donors (Lipinski definition) is 3. The lowest BCUT2D eigenvalue weighted by Crippen LogP contribution is -2.22. The molecule has 0 bridgehead atoms. The van der Waals surface area contributed by atoms with E-state index in [1.807, 2.05) is 29.2 Å². The van der Waals surface area contributed by atoms with Gasteiger partial charge in [0.15, 0.2) is 0 Å². The first-order valence-corrected chi connectivity index (χ1v) is 5.96. The Balaban J connectivity index is 1.94. The van der Waals surface area contributed by atoms with Crippen LogP contribution < -0.4 is 0 Å². The summed E-state index contributed by atoms with van der Waals surface area (Å²) in [7, 11) is 0. The number of hydrogen-bond acceptors (Lipinski definition) is 4. The third kappa shape index (κ3) is 3.31. The topological polar surface area (TPSA) is 63.9 Å². The monoisotopic (exact) mass is 247 g/mol. The summed E-state index contributed by atoms with van der Waals surface area (Å²) in [6.45, 7) is 1.59. The van der Waals surface area contributed by atoms with E-state index < -0.39 is 12.2 Å². The molecule has 2 unspecified atom stereocenters. The van der Waals surface area contributed by atoms with Crippen molar-refractivity contribution in [2.24, 2.45) is 0 Å². The Morgan fingerprint density at radius 3 is 2.28 bits per heavy atom. The normalized spacial score (nSPS) is 23.7. The predicted molar refractivity (Wildman–Crippen MR) is 67.7 cm³/mol. The first-order chi connectivity index (χ1) is 8.69. The van der Waals surface area contributed by atoms with Crippen molar-refractivity contribution in [2.75, 3.05) is 19.7 Å². The summed E-state index contributed by atoms with van der Waals surface area (Å²) in [4.78, 5) is 2.02. The summed E-state index contributed by atoms with van der Waals surface area (Å²) in [6, 6.07) is 7.75. The maximum Gasteiger partial charge on any atom is 0.104 e. The number of aliphatic hydroxyl groups is 3. The van der Waals surface area contributed by atoms with Crippen LogP contribution in [0.2, 0.25) is 0 Å². The molecule has 1 fully saturated rings. The van der Waals surface area contributed by atoms with E-state index in [1.54, 1.807) is 0 Å². The van der Waals surface area contributed by atoms with Crippen LogP contribution in [0, 0.1) is 11.8 Å². The highest BCUT2D eigenvalue weighted by molar-refractivity contribution is 5.36. The first-order valence-electron chi connectivity index (χ1n) is 5.96. The second-order valence-corrected chi connectivity index (χ2v) is 4.49. The Morgan fingerprint density at radius 2 is 1.72 bits per heavy atom. The van der Waals surface area contributed by atoms with Gasteiger partial charge in [-0.1, -0.05) is 24.0 Å². The predicted octanol–water partition coefficient (Wildman–Crippen LogP) is -0.432. The minimum absolute atomic E-state index is 0.134. The molecule has 96 valence electrons. The first kappa shape index (κ1) is 13.1. The fourth-order valence-electron chi connectivity index (χ4n) is 2.07. The van der Waals surface area contributed by atoms with Gasteiger partial charge in [0.1, 0.15) is 6.61 Å². The Morgan fingerprint density at radius 1 is 1.11 bits per heavy atom. The van der Waals surface area contributed by atoms with Gasteiger partial charge in [0.2, 0.25) is 0 Å². The van der Waals surface area contributed by atoms with Crippen LogP contribution in [-0.2, 0) is 6.54 Å². The molecule has 0 spiro atoms. The molecule has 1 heterocycles. The smallest absolute Gasteiger partial charge is 0.104 e. The van der Waals surface area contributed by atoms with Crippen LogP contribution in [-0.4, -0.2) is 52.1 Å². The fourth-order valence-corrected chi connectivity index (χ4v) is 2.07. The van der Waals surface area contributed by atoms with E-state index in [0.29, 0.717) is 19.6 Å². The Bertz CT molecular complexity index is 436. The van der Waals surface area contributed by atoms with E-state index >= 15 is 0 Å². The van der Waals surface area contributed by atoms with E-state index in [4.69, 9.17) is 5.11 Å². The van der Waals surface area contributed by atoms with Crippen molar-refractivity contribution in [1.29, 1.82) is 0 Å². The minimum Gasteiger partial charge on any atom is -0.389 e. The third-order valence-corrected chi connectivity index (χ3v) is 3.01. The van der Waals surface area contributed by atoms with E-state index in [1.165, 1.54) is 0 Å². The quantitative estimate of drug-likeness (QED) is 0.620. The number of likely N-dealkylation sites (tertiary alicyclic amines) is 1. The number of rotatable bonds is 2. The summed E-state index contributed by atoms with van der Waals surface area (Å²) in [6.07, 6.45) is -1.28. The zero-order valence-corrected chi connectivity index (χ0v) is 10.1. The number of aliphatic hydroxyl groups excluding tert-OH is 3. The molecule has 1 aliphatic rings. The van der Waals surface area contributed by atoms with E-state index in [2.05, 4.69) is 11.8 Å². The Hall–Kier alpha value is -1.38. The SMILES string of the molecule is OCC#Cc1ccc(CN2CC(O)C(O)C2)cc1. The average molecular weight is 247 g/mol. The van der Waals surface area contributed by atoms with Crippen molar-refractivity contribution < 1.29 is 15.3 Å². The van der Waals surface area contributed by atoms with Gasteiger partial charge >= 0.3 is 0 Å². The zero-order valence-electron chi connectivity index (χ0n) is 10.1. The molecule has 1 aliphatic heterocycles. The maximum atomic E-state index is 9.45. The Kier molecular flexibility index (Phi) is 4.34. The van der Waals surface area contributed by atoms with Gasteiger partial charge < -0.3 is 15.3 Å². The number of benzene rings is 1. The molecule has 2 rings (SSSR count). The minimum atomic E-state index is -0.639. The lowest BCUT2D eigenvalue weighted by atomic mass is 10.1. The molecular formula is C14H17NO3. The van der Waals surface area contributed by atoms with Crippen LogP contribution in [0.5, 0.6) is 0 Å². The molecule has 1 aromatic carbocycles. The van der Waals surface area contributed by atoms with Crippen LogP contribution in [0.25, 0.3) is 0 Å². The van der Waals surface area contributed by atoms with Gasteiger partial charge in [-0.25, -0.2) is 0 Å². The molecule has 0 aliphatic carbocycles. The van der Waals surface area contributed by atoms with Gasteiger partial charge in [-0.15, -0.1) is 0 Å². The molecule has 1 aromatic rings. The highest BCUT2D eigenvalue weighted by Crippen LogP contribution is 2.14. The Labute approximate surface area is 106 Å². The van der Waals surface area contributed by atoms with E-state index in [0.717, 1.165) is 11.1 Å². The standard InChI is InChI=1S/C14H17NO3/c16-7-1-2-11-3-5-12(6-4-11)8-15-9-13(17)14(18)10-15/h3-6,13-14,16-18H,7-10H2. The molecule has 1 saturated heterocycles. The summed E-state index contributed by atoms with van der Waals surface area (Å²) >= 11 is 0. The lowest BCUT2D eigenvalue weighted by molar-refractivity contribution is 0.0572. The molecule has 0 aromatic heterocycles. The van der Waals surface area contributed by atoms with Crippen molar-refractivity contribution >= 4 is 0 Å². The summed E-state index contributed by atoms with van der Waals surface area (Å²) < 4.78 is 0. The number of β-amino-alcohol motifs (C(OH)–C–C–N with tert-alkyl or cyclic N) is 2. The molecule has 0 radical (unpaired) electrons. The molecule has 4 nitrogen and oxygen atoms in total. The maximum absolute atomic E-state index is 9.45. The summed E-state index contributed by atoms with van der Waals surface area (Å²) in [5, 5.41) is 27.5. The molecule has 3 N–H and O–H groups in total. The molecule has 0 amide bonds. The van der Waals surface area contributed by atoms with Gasteiger partial charge in [-0.3, -0.25) is 4.90 Å². The third-order valence-electron chi connectivity index (χ3n) is 3.01. The van der Waals surface area contributed by atoms with Crippen molar-refractivity contribution in [3.8, 4) is 11.8 Å². The molecule has 0 saturated carbocycles. The van der Waals surface area contributed by atoms with Crippen molar-refractivity contribution in [3.63, 3.8) is 0 Å². The number of nitrogens with zero attached hydrogens (tertiary/aromatic N) is 1. The van der Waals surface area contributed by atoms with Gasteiger partial charge in [0, 0.05) is 25.2 Å². The summed E-state index contributed by atoms with van der Waals surface area (Å²) in [5.74, 6) is 5.43. The van der Waals surface area contributed by atoms with Crippen LogP contribution in [0.4, 0.5) is 0 Å². The van der Waals surface area contributed by atoms with Gasteiger partial charge in [0.05, 0.1) is 12.2 Å². The zero-order chi connectivity index (χ0) is 13.0. The fraction of sp³-hybridized carbons (Fsp3) is 0.429. The largest absolute Gasteiger partial charge is 0.389 e. The van der Waals surface area contributed by atoms with Crippen LogP contribution in [0.3, 0.4) is 0 Å². The second kappa shape index (κ2) is 5.98. The molecule has 2 atom stereocenters. The highest BCUT2D eigenvalue weighted by atomic mass is 16.3. The molecule has 18 heavy (non-hydrogen) atoms. The van der Waals surface area contributed by atoms with Crippen LogP contribution in [0.1, 0.15) is 11.1 Å². The van der Waals surface area contributed by atoms with E-state index in [-0.39, 0.29) is 6.61 Å². The lowest BCUT2D eigenvalue weighted by Gasteiger charge is -2.14. The van der Waals surface area contributed by atoms with Gasteiger partial charge in [0.25, 0.3) is 0 Å². The van der Waals surface area contributed by atoms with Crippen molar-refractivity contribution in [3.05, 3.63) is 35.4 Å². The van der Waals surface area contributed by atoms with Crippen molar-refractivity contribution in [1.82, 2.24) is 4.90 Å². The highest BCUT2D eigenvalue weighted by Gasteiger charge is 2.29. The van der Waals surface area contributed by atoms with Crippen LogP contribution in [0.15, 0.2) is 24.3 Å². The van der Waals surface area contributed by atoms with Crippen LogP contribution >= 0.6 is 0 Å². The average Bonchev–Trinajstić information content (AvgIpc) is 2.67. The van der Waals surface area contributed by atoms with Gasteiger partial charge in [-0.2, -0.15) is 0 Å². The second-order valence-electron chi connectivity index (χ2n) is 4.49. The van der Waals surface area contributed by atoms with Crippen molar-refractivity contribution in [2.45, 2.75) is 18.8 Å². The molecule has 4 heteroatoms. The van der Waals surface area contributed by atoms with E-state index in [9.17, 15) is 10.2 Å². The molecular weight excluding hydrogens is 230 g/mol. The summed E-state index contributed by atoms with van der Waals surface area (Å²) in [5.41, 5.74) is 1.99.